The molecule has 0 spiro atoms. The number of rotatable bonds is 6. The predicted molar refractivity (Wildman–Crippen MR) is 129 cm³/mol. The summed E-state index contributed by atoms with van der Waals surface area (Å²) in [6.07, 6.45) is -0.920. The first-order valence-electron chi connectivity index (χ1n) is 12.4. The second-order valence-electron chi connectivity index (χ2n) is 9.68. The number of nitrogens with zero attached hydrogens (tertiary/aromatic N) is 4. The lowest BCUT2D eigenvalue weighted by atomic mass is 10.0. The number of hydrogen-bond donors (Lipinski definition) is 3. The van der Waals surface area contributed by atoms with Crippen LogP contribution < -0.4 is 15.5 Å². The first kappa shape index (κ1) is 26.3. The number of aromatic nitrogens is 3. The molecular weight excluding hydrogens is 508 g/mol. The number of hydrogen-bond acceptors (Lipinski definition) is 7. The van der Waals surface area contributed by atoms with Crippen LogP contribution in [0.15, 0.2) is 36.8 Å². The van der Waals surface area contributed by atoms with Gasteiger partial charge in [0.15, 0.2) is 5.65 Å². The zero-order valence-corrected chi connectivity index (χ0v) is 20.6. The summed E-state index contributed by atoms with van der Waals surface area (Å²) in [5, 5.41) is 20.2. The van der Waals surface area contributed by atoms with Gasteiger partial charge >= 0.3 is 6.18 Å². The van der Waals surface area contributed by atoms with Crippen LogP contribution in [0.3, 0.4) is 0 Å². The third kappa shape index (κ3) is 5.31. The SMILES string of the molecule is C[C@@H](NC(=O)c1cc(N2CCC(NC3COC[C@H]3O)CC2)c2ncnn2c1)c1cccc(C(F)(F)F)c1F. The van der Waals surface area contributed by atoms with Crippen molar-refractivity contribution in [1.82, 2.24) is 25.2 Å². The second-order valence-corrected chi connectivity index (χ2v) is 9.68. The van der Waals surface area contributed by atoms with Crippen molar-refractivity contribution in [2.75, 3.05) is 31.2 Å². The normalized spacial score (nSPS) is 21.7. The van der Waals surface area contributed by atoms with Crippen molar-refractivity contribution in [3.05, 3.63) is 59.3 Å². The first-order valence-corrected chi connectivity index (χ1v) is 12.4. The Hall–Kier alpha value is -3.29. The van der Waals surface area contributed by atoms with E-state index in [0.717, 1.165) is 18.9 Å². The van der Waals surface area contributed by atoms with Gasteiger partial charge in [-0.3, -0.25) is 4.79 Å². The maximum absolute atomic E-state index is 14.6. The molecule has 2 saturated heterocycles. The van der Waals surface area contributed by atoms with Crippen LogP contribution >= 0.6 is 0 Å². The van der Waals surface area contributed by atoms with Gasteiger partial charge in [0.1, 0.15) is 12.1 Å². The Bertz CT molecular complexity index is 1310. The van der Waals surface area contributed by atoms with Crippen molar-refractivity contribution in [1.29, 1.82) is 0 Å². The van der Waals surface area contributed by atoms with E-state index in [1.165, 1.54) is 30.0 Å². The lowest BCUT2D eigenvalue weighted by molar-refractivity contribution is -0.140. The molecule has 3 atom stereocenters. The molecule has 1 aromatic carbocycles. The minimum atomic E-state index is -4.84. The highest BCUT2D eigenvalue weighted by Crippen LogP contribution is 2.34. The van der Waals surface area contributed by atoms with Gasteiger partial charge in [-0.05, 0) is 31.9 Å². The Kier molecular flexibility index (Phi) is 7.25. The second kappa shape index (κ2) is 10.5. The number of amides is 1. The quantitative estimate of drug-likeness (QED) is 0.417. The molecule has 1 unspecified atom stereocenters. The molecule has 0 radical (unpaired) electrons. The number of aliphatic hydroxyl groups is 1. The number of benzene rings is 1. The van der Waals surface area contributed by atoms with Crippen LogP contribution in [-0.4, -0.2) is 70.1 Å². The van der Waals surface area contributed by atoms with Gasteiger partial charge in [-0.1, -0.05) is 12.1 Å². The third-order valence-corrected chi connectivity index (χ3v) is 7.10. The summed E-state index contributed by atoms with van der Waals surface area (Å²) >= 11 is 0. The Labute approximate surface area is 215 Å². The summed E-state index contributed by atoms with van der Waals surface area (Å²) in [5.74, 6) is -1.99. The number of ether oxygens (including phenoxy) is 1. The van der Waals surface area contributed by atoms with E-state index < -0.39 is 35.6 Å². The third-order valence-electron chi connectivity index (χ3n) is 7.10. The highest BCUT2D eigenvalue weighted by molar-refractivity contribution is 5.96. The minimum absolute atomic E-state index is 0.0922. The van der Waals surface area contributed by atoms with E-state index in [-0.39, 0.29) is 23.2 Å². The molecule has 5 rings (SSSR count). The number of carbonyl (C=O) groups excluding carboxylic acids is 1. The lowest BCUT2D eigenvalue weighted by Gasteiger charge is -2.35. The average molecular weight is 537 g/mol. The number of piperidine rings is 1. The molecule has 3 aromatic rings. The molecule has 2 aliphatic rings. The number of alkyl halides is 3. The molecule has 2 aromatic heterocycles. The van der Waals surface area contributed by atoms with Gasteiger partial charge in [-0.25, -0.2) is 13.9 Å². The summed E-state index contributed by atoms with van der Waals surface area (Å²) in [6.45, 7) is 3.56. The summed E-state index contributed by atoms with van der Waals surface area (Å²) < 4.78 is 60.8. The van der Waals surface area contributed by atoms with Gasteiger partial charge in [-0.2, -0.15) is 18.3 Å². The molecule has 2 fully saturated rings. The molecule has 4 heterocycles. The zero-order chi connectivity index (χ0) is 27.0. The van der Waals surface area contributed by atoms with E-state index in [2.05, 4.69) is 25.6 Å². The molecule has 13 heteroatoms. The number of halogens is 4. The molecule has 204 valence electrons. The molecule has 0 bridgehead atoms. The predicted octanol–water partition coefficient (Wildman–Crippen LogP) is 2.70. The maximum atomic E-state index is 14.6. The molecular formula is C25H28F4N6O3. The van der Waals surface area contributed by atoms with Crippen LogP contribution in [0, 0.1) is 5.82 Å². The molecule has 3 N–H and O–H groups in total. The van der Waals surface area contributed by atoms with Crippen LogP contribution in [0.1, 0.15) is 47.3 Å². The molecule has 0 saturated carbocycles. The van der Waals surface area contributed by atoms with Crippen molar-refractivity contribution >= 4 is 17.2 Å². The Balaban J connectivity index is 1.31. The highest BCUT2D eigenvalue weighted by atomic mass is 19.4. The highest BCUT2D eigenvalue weighted by Gasteiger charge is 2.35. The maximum Gasteiger partial charge on any atom is 0.419 e. The summed E-state index contributed by atoms with van der Waals surface area (Å²) in [7, 11) is 0. The summed E-state index contributed by atoms with van der Waals surface area (Å²) in [5.41, 5.74) is -0.179. The Morgan fingerprint density at radius 2 is 2.00 bits per heavy atom. The molecule has 9 nitrogen and oxygen atoms in total. The topological polar surface area (TPSA) is 104 Å². The standard InChI is InChI=1S/C25H28F4N6O3/c1-14(17-3-2-4-18(22(17)26)25(27,28)29)32-24(37)15-9-20(23-30-13-31-35(23)10-15)34-7-5-16(6-8-34)33-19-11-38-12-21(19)36/h2-4,9-10,13-14,16,19,21,33,36H,5-8,11-12H2,1H3,(H,32,37)/t14-,19?,21-/m1/s1. The number of nitrogens with one attached hydrogen (secondary N) is 2. The Morgan fingerprint density at radius 3 is 2.68 bits per heavy atom. The van der Waals surface area contributed by atoms with E-state index in [9.17, 15) is 27.5 Å². The largest absolute Gasteiger partial charge is 0.419 e. The summed E-state index contributed by atoms with van der Waals surface area (Å²) in [6, 6.07) is 3.76. The number of aliphatic hydroxyl groups excluding tert-OH is 1. The summed E-state index contributed by atoms with van der Waals surface area (Å²) in [4.78, 5) is 19.5. The minimum Gasteiger partial charge on any atom is -0.389 e. The van der Waals surface area contributed by atoms with Gasteiger partial charge in [-0.15, -0.1) is 0 Å². The number of pyridine rings is 1. The van der Waals surface area contributed by atoms with Gasteiger partial charge in [0.25, 0.3) is 5.91 Å². The van der Waals surface area contributed by atoms with Gasteiger partial charge in [0.05, 0.1) is 48.2 Å². The molecule has 0 aliphatic carbocycles. The fourth-order valence-electron chi connectivity index (χ4n) is 5.02. The van der Waals surface area contributed by atoms with E-state index in [0.29, 0.717) is 43.7 Å². The van der Waals surface area contributed by atoms with E-state index in [4.69, 9.17) is 4.74 Å². The van der Waals surface area contributed by atoms with Gasteiger partial charge in [0.2, 0.25) is 0 Å². The molecule has 2 aliphatic heterocycles. The number of carbonyl (C=O) groups is 1. The lowest BCUT2D eigenvalue weighted by Crippen LogP contribution is -2.49. The smallest absolute Gasteiger partial charge is 0.389 e. The number of fused-ring (bicyclic) bond motifs is 1. The van der Waals surface area contributed by atoms with Crippen molar-refractivity contribution in [2.24, 2.45) is 0 Å². The van der Waals surface area contributed by atoms with Crippen molar-refractivity contribution < 1.29 is 32.2 Å². The van der Waals surface area contributed by atoms with Crippen molar-refractivity contribution in [2.45, 2.75) is 50.2 Å². The molecule has 1 amide bonds. The monoisotopic (exact) mass is 536 g/mol. The van der Waals surface area contributed by atoms with Crippen LogP contribution in [-0.2, 0) is 10.9 Å². The van der Waals surface area contributed by atoms with E-state index >= 15 is 0 Å². The van der Waals surface area contributed by atoms with Crippen LogP contribution in [0.25, 0.3) is 5.65 Å². The Morgan fingerprint density at radius 1 is 1.24 bits per heavy atom. The zero-order valence-electron chi connectivity index (χ0n) is 20.6. The van der Waals surface area contributed by atoms with Crippen LogP contribution in [0.2, 0.25) is 0 Å². The van der Waals surface area contributed by atoms with E-state index in [1.807, 2.05) is 0 Å². The van der Waals surface area contributed by atoms with Crippen LogP contribution in [0.4, 0.5) is 23.2 Å². The van der Waals surface area contributed by atoms with Crippen molar-refractivity contribution in [3.8, 4) is 0 Å². The van der Waals surface area contributed by atoms with Crippen molar-refractivity contribution in [3.63, 3.8) is 0 Å². The van der Waals surface area contributed by atoms with Gasteiger partial charge in [0, 0.05) is 30.9 Å². The van der Waals surface area contributed by atoms with Crippen LogP contribution in [0.5, 0.6) is 0 Å². The van der Waals surface area contributed by atoms with Gasteiger partial charge < -0.3 is 25.4 Å². The van der Waals surface area contributed by atoms with E-state index in [1.54, 1.807) is 6.07 Å². The number of anilines is 1. The fourth-order valence-corrected chi connectivity index (χ4v) is 5.02. The average Bonchev–Trinajstić information content (AvgIpc) is 3.52. The first-order chi connectivity index (χ1) is 18.1. The fraction of sp³-hybridized carbons (Fsp3) is 0.480. The molecule has 38 heavy (non-hydrogen) atoms.